The third-order valence-corrected chi connectivity index (χ3v) is 4.30. The molecule has 3 aromatic rings. The van der Waals surface area contributed by atoms with E-state index in [4.69, 9.17) is 4.42 Å². The summed E-state index contributed by atoms with van der Waals surface area (Å²) in [5.41, 5.74) is 1.72. The van der Waals surface area contributed by atoms with Crippen molar-refractivity contribution >= 4 is 11.6 Å². The van der Waals surface area contributed by atoms with Crippen LogP contribution in [0.15, 0.2) is 76.4 Å². The predicted octanol–water partition coefficient (Wildman–Crippen LogP) is 4.12. The number of furan rings is 1. The monoisotopic (exact) mass is 350 g/mol. The Balaban J connectivity index is 1.76. The average molecular weight is 350 g/mol. The first kappa shape index (κ1) is 16.1. The number of halogens is 1. The fourth-order valence-electron chi connectivity index (χ4n) is 3.06. The molecule has 1 N–H and O–H groups in total. The summed E-state index contributed by atoms with van der Waals surface area (Å²) in [6, 6.07) is 15.6. The smallest absolute Gasteiger partial charge is 0.310 e. The molecule has 0 aliphatic carbocycles. The van der Waals surface area contributed by atoms with Crippen molar-refractivity contribution in [3.63, 3.8) is 0 Å². The summed E-state index contributed by atoms with van der Waals surface area (Å²) in [6.45, 7) is 0. The van der Waals surface area contributed by atoms with Gasteiger partial charge in [0.15, 0.2) is 5.76 Å². The van der Waals surface area contributed by atoms with Crippen molar-refractivity contribution in [3.05, 3.63) is 89.6 Å². The van der Waals surface area contributed by atoms with Crippen molar-refractivity contribution in [3.8, 4) is 5.75 Å². The second-order valence-electron chi connectivity index (χ2n) is 5.97. The van der Waals surface area contributed by atoms with Gasteiger partial charge in [-0.15, -0.1) is 0 Å². The lowest BCUT2D eigenvalue weighted by Gasteiger charge is -2.21. The van der Waals surface area contributed by atoms with Crippen LogP contribution in [0, 0.1) is 5.82 Å². The van der Waals surface area contributed by atoms with Gasteiger partial charge in [0.1, 0.15) is 11.6 Å². The Morgan fingerprint density at radius 1 is 1.15 bits per heavy atom. The van der Waals surface area contributed by atoms with Crippen molar-refractivity contribution in [2.75, 3.05) is 0 Å². The summed E-state index contributed by atoms with van der Waals surface area (Å²) in [5.74, 6) is -0.580. The molecule has 2 aromatic carbocycles. The van der Waals surface area contributed by atoms with Crippen LogP contribution < -0.4 is 0 Å². The lowest BCUT2D eigenvalue weighted by atomic mass is 9.98. The molecule has 0 radical (unpaired) electrons. The number of hydrazone groups is 1. The van der Waals surface area contributed by atoms with Crippen LogP contribution in [0.1, 0.15) is 34.1 Å². The molecule has 1 aliphatic rings. The van der Waals surface area contributed by atoms with Crippen molar-refractivity contribution in [2.24, 2.45) is 5.10 Å². The van der Waals surface area contributed by atoms with E-state index in [2.05, 4.69) is 5.10 Å². The summed E-state index contributed by atoms with van der Waals surface area (Å²) in [4.78, 5) is 12.8. The van der Waals surface area contributed by atoms with Crippen molar-refractivity contribution in [1.29, 1.82) is 0 Å². The number of phenols is 1. The molecule has 6 heteroatoms. The van der Waals surface area contributed by atoms with Gasteiger partial charge in [-0.2, -0.15) is 5.10 Å². The summed E-state index contributed by atoms with van der Waals surface area (Å²) >= 11 is 0. The van der Waals surface area contributed by atoms with Crippen LogP contribution in [0.25, 0.3) is 0 Å². The first-order valence-electron chi connectivity index (χ1n) is 8.12. The second kappa shape index (κ2) is 6.48. The number of benzene rings is 2. The van der Waals surface area contributed by atoms with Crippen LogP contribution in [-0.4, -0.2) is 21.7 Å². The van der Waals surface area contributed by atoms with E-state index in [1.807, 2.05) is 0 Å². The molecule has 130 valence electrons. The highest BCUT2D eigenvalue weighted by Gasteiger charge is 2.35. The first-order valence-corrected chi connectivity index (χ1v) is 8.12. The van der Waals surface area contributed by atoms with E-state index >= 15 is 0 Å². The molecular formula is C20H15FN2O3. The number of nitrogens with zero attached hydrogens (tertiary/aromatic N) is 2. The number of rotatable bonds is 3. The molecule has 1 aromatic heterocycles. The highest BCUT2D eigenvalue weighted by Crippen LogP contribution is 2.35. The van der Waals surface area contributed by atoms with Gasteiger partial charge < -0.3 is 9.52 Å². The minimum absolute atomic E-state index is 0.0801. The van der Waals surface area contributed by atoms with E-state index in [0.29, 0.717) is 23.3 Å². The van der Waals surface area contributed by atoms with Gasteiger partial charge in [0.05, 0.1) is 18.0 Å². The van der Waals surface area contributed by atoms with E-state index in [1.54, 1.807) is 48.5 Å². The van der Waals surface area contributed by atoms with Gasteiger partial charge in [0.2, 0.25) is 0 Å². The summed E-state index contributed by atoms with van der Waals surface area (Å²) in [6.07, 6.45) is 1.77. The van der Waals surface area contributed by atoms with Crippen LogP contribution in [-0.2, 0) is 0 Å². The van der Waals surface area contributed by atoms with E-state index in [1.165, 1.54) is 23.4 Å². The molecule has 26 heavy (non-hydrogen) atoms. The standard InChI is InChI=1S/C20H15FN2O3/c21-14-6-3-5-13(11-14)17-12-16(15-7-1-2-8-18(15)24)22-23(17)20(25)19-9-4-10-26-19/h1-11,17,24H,12H2. The molecule has 0 fully saturated rings. The quantitative estimate of drug-likeness (QED) is 0.773. The maximum Gasteiger partial charge on any atom is 0.310 e. The lowest BCUT2D eigenvalue weighted by molar-refractivity contribution is 0.0678. The molecule has 0 saturated heterocycles. The number of aromatic hydroxyl groups is 1. The van der Waals surface area contributed by atoms with Gasteiger partial charge >= 0.3 is 5.91 Å². The van der Waals surface area contributed by atoms with Gasteiger partial charge in [-0.25, -0.2) is 9.40 Å². The number of para-hydroxylation sites is 1. The zero-order chi connectivity index (χ0) is 18.1. The molecule has 1 amide bonds. The zero-order valence-corrected chi connectivity index (χ0v) is 13.7. The lowest BCUT2D eigenvalue weighted by Crippen LogP contribution is -2.26. The zero-order valence-electron chi connectivity index (χ0n) is 13.7. The number of carbonyl (C=O) groups excluding carboxylic acids is 1. The first-order chi connectivity index (χ1) is 12.6. The molecule has 5 nitrogen and oxygen atoms in total. The maximum absolute atomic E-state index is 13.7. The molecule has 4 rings (SSSR count). The molecule has 1 atom stereocenters. The topological polar surface area (TPSA) is 66.0 Å². The minimum atomic E-state index is -0.488. The predicted molar refractivity (Wildman–Crippen MR) is 93.3 cm³/mol. The average Bonchev–Trinajstić information content (AvgIpc) is 3.32. The highest BCUT2D eigenvalue weighted by molar-refractivity contribution is 6.06. The van der Waals surface area contributed by atoms with Gasteiger partial charge in [0, 0.05) is 12.0 Å². The summed E-state index contributed by atoms with van der Waals surface area (Å²) in [7, 11) is 0. The summed E-state index contributed by atoms with van der Waals surface area (Å²) in [5, 5.41) is 15.8. The molecular weight excluding hydrogens is 335 g/mol. The van der Waals surface area contributed by atoms with E-state index in [9.17, 15) is 14.3 Å². The third-order valence-electron chi connectivity index (χ3n) is 4.30. The van der Waals surface area contributed by atoms with Gasteiger partial charge in [-0.05, 0) is 42.0 Å². The second-order valence-corrected chi connectivity index (χ2v) is 5.97. The summed E-state index contributed by atoms with van der Waals surface area (Å²) < 4.78 is 18.9. The van der Waals surface area contributed by atoms with Crippen LogP contribution in [0.4, 0.5) is 4.39 Å². The van der Waals surface area contributed by atoms with Gasteiger partial charge in [-0.3, -0.25) is 4.79 Å². The molecule has 2 heterocycles. The Morgan fingerprint density at radius 3 is 2.73 bits per heavy atom. The highest BCUT2D eigenvalue weighted by atomic mass is 19.1. The van der Waals surface area contributed by atoms with Crippen LogP contribution in [0.5, 0.6) is 5.75 Å². The molecule has 0 spiro atoms. The van der Waals surface area contributed by atoms with Gasteiger partial charge in [-0.1, -0.05) is 24.3 Å². The number of hydrogen-bond donors (Lipinski definition) is 1. The Morgan fingerprint density at radius 2 is 2.00 bits per heavy atom. The third kappa shape index (κ3) is 2.86. The Labute approximate surface area is 149 Å². The molecule has 1 aliphatic heterocycles. The number of carbonyl (C=O) groups is 1. The van der Waals surface area contributed by atoms with Crippen LogP contribution >= 0.6 is 0 Å². The molecule has 0 saturated carbocycles. The van der Waals surface area contributed by atoms with Crippen LogP contribution in [0.3, 0.4) is 0 Å². The fourth-order valence-corrected chi connectivity index (χ4v) is 3.06. The SMILES string of the molecule is O=C(c1ccco1)N1N=C(c2ccccc2O)CC1c1cccc(F)c1. The largest absolute Gasteiger partial charge is 0.507 e. The number of hydrogen-bond acceptors (Lipinski definition) is 4. The van der Waals surface area contributed by atoms with Crippen LogP contribution in [0.2, 0.25) is 0 Å². The Bertz CT molecular complexity index is 982. The number of phenolic OH excluding ortho intramolecular Hbond substituents is 1. The minimum Gasteiger partial charge on any atom is -0.507 e. The van der Waals surface area contributed by atoms with E-state index < -0.39 is 11.9 Å². The maximum atomic E-state index is 13.7. The van der Waals surface area contributed by atoms with Crippen molar-refractivity contribution in [1.82, 2.24) is 5.01 Å². The van der Waals surface area contributed by atoms with Crippen molar-refractivity contribution < 1.29 is 18.7 Å². The van der Waals surface area contributed by atoms with E-state index in [0.717, 1.165) is 0 Å². The Kier molecular flexibility index (Phi) is 4.01. The van der Waals surface area contributed by atoms with Gasteiger partial charge in [0.25, 0.3) is 0 Å². The molecule has 1 unspecified atom stereocenters. The Hall–Kier alpha value is -3.41. The normalized spacial score (nSPS) is 16.6. The van der Waals surface area contributed by atoms with E-state index in [-0.39, 0.29) is 17.3 Å². The fraction of sp³-hybridized carbons (Fsp3) is 0.100. The number of amides is 1. The van der Waals surface area contributed by atoms with Crippen molar-refractivity contribution in [2.45, 2.75) is 12.5 Å². The molecule has 0 bridgehead atoms.